The van der Waals surface area contributed by atoms with Gasteiger partial charge in [0.05, 0.1) is 0 Å². The van der Waals surface area contributed by atoms with E-state index in [1.807, 2.05) is 0 Å². The maximum absolute atomic E-state index is 8.98. The normalized spacial score (nSPS) is 24.2. The van der Waals surface area contributed by atoms with Crippen LogP contribution in [0.3, 0.4) is 0 Å². The van der Waals surface area contributed by atoms with E-state index in [0.717, 1.165) is 31.8 Å². The van der Waals surface area contributed by atoms with Crippen molar-refractivity contribution in [3.63, 3.8) is 0 Å². The molecule has 0 aromatic heterocycles. The third-order valence-electron chi connectivity index (χ3n) is 3.66. The maximum atomic E-state index is 8.98. The molecular weight excluding hydrogens is 214 g/mol. The lowest BCUT2D eigenvalue weighted by atomic mass is 9.99. The molecule has 17 heavy (non-hydrogen) atoms. The molecule has 3 rings (SSSR count). The van der Waals surface area contributed by atoms with Crippen LogP contribution in [0.5, 0.6) is 5.75 Å². The summed E-state index contributed by atoms with van der Waals surface area (Å²) >= 11 is 0. The number of aliphatic hydroxyl groups is 1. The minimum absolute atomic E-state index is 0.322. The monoisotopic (exact) mass is 233 g/mol. The average Bonchev–Trinajstić information content (AvgIpc) is 2.62. The Hall–Kier alpha value is -1.06. The molecule has 0 bridgehead atoms. The lowest BCUT2D eigenvalue weighted by Crippen LogP contribution is -2.47. The highest BCUT2D eigenvalue weighted by Gasteiger charge is 2.26. The molecule has 1 aromatic rings. The molecule has 1 aromatic carbocycles. The van der Waals surface area contributed by atoms with Crippen LogP contribution in [0.4, 0.5) is 0 Å². The summed E-state index contributed by atoms with van der Waals surface area (Å²) in [6.07, 6.45) is 1.35. The Labute approximate surface area is 102 Å². The van der Waals surface area contributed by atoms with E-state index in [1.165, 1.54) is 11.1 Å². The average molecular weight is 233 g/mol. The van der Waals surface area contributed by atoms with E-state index >= 15 is 0 Å². The predicted octanol–water partition coefficient (Wildman–Crippen LogP) is 1.43. The number of nitrogens with zero attached hydrogens (tertiary/aromatic N) is 1. The molecular formula is C14H19NO2. The third-order valence-corrected chi connectivity index (χ3v) is 3.66. The number of ether oxygens (including phenoxy) is 1. The van der Waals surface area contributed by atoms with Crippen molar-refractivity contribution in [1.82, 2.24) is 4.90 Å². The van der Waals surface area contributed by atoms with Crippen LogP contribution in [0.25, 0.3) is 0 Å². The summed E-state index contributed by atoms with van der Waals surface area (Å²) in [6, 6.07) is 6.52. The number of likely N-dealkylation sites (tertiary alicyclic amines) is 1. The van der Waals surface area contributed by atoms with Crippen LogP contribution in [-0.2, 0) is 13.0 Å². The second-order valence-electron chi connectivity index (χ2n) is 5.32. The van der Waals surface area contributed by atoms with E-state index in [-0.39, 0.29) is 0 Å². The molecule has 2 aliphatic heterocycles. The lowest BCUT2D eigenvalue weighted by Gasteiger charge is -2.38. The lowest BCUT2D eigenvalue weighted by molar-refractivity contribution is 0.0479. The van der Waals surface area contributed by atoms with Gasteiger partial charge in [-0.05, 0) is 24.1 Å². The zero-order valence-electron chi connectivity index (χ0n) is 10.2. The minimum Gasteiger partial charge on any atom is -0.490 e. The second kappa shape index (κ2) is 4.31. The van der Waals surface area contributed by atoms with Gasteiger partial charge in [0.1, 0.15) is 11.9 Å². The summed E-state index contributed by atoms with van der Waals surface area (Å²) in [5.74, 6) is 1.55. The molecule has 92 valence electrons. The number of hydrogen-bond donors (Lipinski definition) is 1. The van der Waals surface area contributed by atoms with Crippen LogP contribution in [0.15, 0.2) is 18.2 Å². The van der Waals surface area contributed by atoms with Crippen LogP contribution in [-0.4, -0.2) is 35.8 Å². The molecule has 2 aliphatic rings. The van der Waals surface area contributed by atoms with Gasteiger partial charge in [0.2, 0.25) is 0 Å². The number of hydrogen-bond acceptors (Lipinski definition) is 3. The Bertz CT molecular complexity index is 413. The van der Waals surface area contributed by atoms with Crippen molar-refractivity contribution in [3.05, 3.63) is 29.3 Å². The summed E-state index contributed by atoms with van der Waals surface area (Å²) in [4.78, 5) is 2.38. The van der Waals surface area contributed by atoms with Gasteiger partial charge < -0.3 is 9.84 Å². The van der Waals surface area contributed by atoms with Crippen molar-refractivity contribution >= 4 is 0 Å². The van der Waals surface area contributed by atoms with Crippen molar-refractivity contribution in [3.8, 4) is 5.75 Å². The zero-order valence-corrected chi connectivity index (χ0v) is 10.2. The second-order valence-corrected chi connectivity index (χ2v) is 5.32. The highest BCUT2D eigenvalue weighted by molar-refractivity contribution is 5.40. The van der Waals surface area contributed by atoms with Crippen molar-refractivity contribution in [2.45, 2.75) is 26.0 Å². The summed E-state index contributed by atoms with van der Waals surface area (Å²) in [6.45, 7) is 5.49. The van der Waals surface area contributed by atoms with Crippen LogP contribution in [0.2, 0.25) is 0 Å². The standard InChI is InChI=1S/C14H19NO2/c1-10-4-13-5-11(2-3-14(13)17-10)6-15-7-12(8-15)9-16/h2-3,5,10,12,16H,4,6-9H2,1H3. The molecule has 1 N–H and O–H groups in total. The van der Waals surface area contributed by atoms with Gasteiger partial charge in [0, 0.05) is 38.6 Å². The maximum Gasteiger partial charge on any atom is 0.123 e. The molecule has 3 heteroatoms. The van der Waals surface area contributed by atoms with Gasteiger partial charge in [-0.15, -0.1) is 0 Å². The van der Waals surface area contributed by atoms with E-state index in [4.69, 9.17) is 9.84 Å². The molecule has 0 radical (unpaired) electrons. The molecule has 0 saturated carbocycles. The van der Waals surface area contributed by atoms with Crippen LogP contribution >= 0.6 is 0 Å². The Morgan fingerprint density at radius 1 is 1.41 bits per heavy atom. The summed E-state index contributed by atoms with van der Waals surface area (Å²) in [7, 11) is 0. The van der Waals surface area contributed by atoms with Gasteiger partial charge in [0.25, 0.3) is 0 Å². The van der Waals surface area contributed by atoms with Gasteiger partial charge >= 0.3 is 0 Å². The summed E-state index contributed by atoms with van der Waals surface area (Å²) < 4.78 is 5.69. The quantitative estimate of drug-likeness (QED) is 0.857. The summed E-state index contributed by atoms with van der Waals surface area (Å²) in [5, 5.41) is 8.98. The van der Waals surface area contributed by atoms with Crippen molar-refractivity contribution < 1.29 is 9.84 Å². The molecule has 0 aliphatic carbocycles. The van der Waals surface area contributed by atoms with E-state index in [0.29, 0.717) is 18.6 Å². The van der Waals surface area contributed by atoms with Crippen LogP contribution in [0, 0.1) is 5.92 Å². The Morgan fingerprint density at radius 3 is 3.00 bits per heavy atom. The van der Waals surface area contributed by atoms with Gasteiger partial charge in [0.15, 0.2) is 0 Å². The molecule has 3 nitrogen and oxygen atoms in total. The third kappa shape index (κ3) is 2.17. The SMILES string of the molecule is CC1Cc2cc(CN3CC(CO)C3)ccc2O1. The molecule has 1 fully saturated rings. The summed E-state index contributed by atoms with van der Waals surface area (Å²) in [5.41, 5.74) is 2.70. The fourth-order valence-electron chi connectivity index (χ4n) is 2.75. The first-order chi connectivity index (χ1) is 8.24. The smallest absolute Gasteiger partial charge is 0.123 e. The molecule has 1 unspecified atom stereocenters. The molecule has 1 saturated heterocycles. The Morgan fingerprint density at radius 2 is 2.24 bits per heavy atom. The fraction of sp³-hybridized carbons (Fsp3) is 0.571. The van der Waals surface area contributed by atoms with E-state index in [9.17, 15) is 0 Å². The topological polar surface area (TPSA) is 32.7 Å². The molecule has 0 amide bonds. The largest absolute Gasteiger partial charge is 0.490 e. The van der Waals surface area contributed by atoms with Crippen LogP contribution in [0.1, 0.15) is 18.1 Å². The predicted molar refractivity (Wildman–Crippen MR) is 66.1 cm³/mol. The van der Waals surface area contributed by atoms with Crippen molar-refractivity contribution in [1.29, 1.82) is 0 Å². The van der Waals surface area contributed by atoms with Crippen LogP contribution < -0.4 is 4.74 Å². The molecule has 2 heterocycles. The number of benzene rings is 1. The molecule has 0 spiro atoms. The fourth-order valence-corrected chi connectivity index (χ4v) is 2.75. The highest BCUT2D eigenvalue weighted by Crippen LogP contribution is 2.30. The first kappa shape index (κ1) is 11.1. The van der Waals surface area contributed by atoms with E-state index < -0.39 is 0 Å². The molecule has 1 atom stereocenters. The van der Waals surface area contributed by atoms with Gasteiger partial charge in [-0.3, -0.25) is 4.90 Å². The number of rotatable bonds is 3. The van der Waals surface area contributed by atoms with E-state index in [2.05, 4.69) is 30.0 Å². The zero-order chi connectivity index (χ0) is 11.8. The first-order valence-electron chi connectivity index (χ1n) is 6.36. The van der Waals surface area contributed by atoms with Gasteiger partial charge in [-0.25, -0.2) is 0 Å². The minimum atomic E-state index is 0.322. The highest BCUT2D eigenvalue weighted by atomic mass is 16.5. The van der Waals surface area contributed by atoms with E-state index in [1.54, 1.807) is 0 Å². The van der Waals surface area contributed by atoms with Crippen molar-refractivity contribution in [2.75, 3.05) is 19.7 Å². The van der Waals surface area contributed by atoms with Gasteiger partial charge in [-0.2, -0.15) is 0 Å². The van der Waals surface area contributed by atoms with Gasteiger partial charge in [-0.1, -0.05) is 12.1 Å². The Kier molecular flexibility index (Phi) is 2.81. The Balaban J connectivity index is 1.64. The number of aliphatic hydroxyl groups excluding tert-OH is 1. The first-order valence-corrected chi connectivity index (χ1v) is 6.36. The number of fused-ring (bicyclic) bond motifs is 1. The van der Waals surface area contributed by atoms with Crippen molar-refractivity contribution in [2.24, 2.45) is 5.92 Å².